The number of hydrogen-bond acceptors (Lipinski definition) is 6. The molecule has 0 aromatic heterocycles. The van der Waals surface area contributed by atoms with E-state index in [1.54, 1.807) is 34.2 Å². The summed E-state index contributed by atoms with van der Waals surface area (Å²) >= 11 is 0. The number of amides is 1. The molecule has 1 heterocycles. The summed E-state index contributed by atoms with van der Waals surface area (Å²) < 4.78 is 0. The second kappa shape index (κ2) is 14.6. The summed E-state index contributed by atoms with van der Waals surface area (Å²) in [6.45, 7) is 15.9. The first-order valence-corrected chi connectivity index (χ1v) is 12.0. The molecule has 0 aliphatic carbocycles. The first-order chi connectivity index (χ1) is 16.2. The van der Waals surface area contributed by atoms with E-state index in [2.05, 4.69) is 24.6 Å². The summed E-state index contributed by atoms with van der Waals surface area (Å²) in [5.41, 5.74) is 16.6. The number of carbonyl (C=O) groups excluding carboxylic acids is 1. The van der Waals surface area contributed by atoms with Crippen LogP contribution in [0.4, 0.5) is 0 Å². The molecule has 0 atom stereocenters. The largest absolute Gasteiger partial charge is 0.397 e. The third-order valence-corrected chi connectivity index (χ3v) is 5.37. The second-order valence-electron chi connectivity index (χ2n) is 8.12. The van der Waals surface area contributed by atoms with Crippen molar-refractivity contribution in [3.8, 4) is 6.07 Å². The maximum Gasteiger partial charge on any atom is 0.269 e. The van der Waals surface area contributed by atoms with E-state index in [9.17, 15) is 10.1 Å². The Hall–Kier alpha value is -3.53. The number of unbranched alkanes of at least 4 members (excludes halogenated alkanes) is 1. The van der Waals surface area contributed by atoms with Crippen molar-refractivity contribution in [2.45, 2.75) is 60.3 Å². The minimum absolute atomic E-state index is 0.144. The first-order valence-electron chi connectivity index (χ1n) is 12.0. The lowest BCUT2D eigenvalue weighted by Gasteiger charge is -2.27. The van der Waals surface area contributed by atoms with Gasteiger partial charge in [0, 0.05) is 31.5 Å². The molecule has 0 aromatic carbocycles. The molecule has 0 bridgehead atoms. The maximum atomic E-state index is 13.0. The van der Waals surface area contributed by atoms with Crippen molar-refractivity contribution in [3.05, 3.63) is 71.0 Å². The molecule has 0 saturated heterocycles. The molecule has 7 nitrogen and oxygen atoms in total. The van der Waals surface area contributed by atoms with Crippen LogP contribution in [0.3, 0.4) is 0 Å². The van der Waals surface area contributed by atoms with Gasteiger partial charge >= 0.3 is 0 Å². The standard InChI is InChI=1S/C27H40N6O/c1-7-11-16-32(15-9-3)27(34)23(29)17-24(31-14-8-2)21(6)26(30)25(10-4)33-19-22(18-28)13-12-20(33)5/h10,12-13,17,19H,5,7-9,11,14-16,29-30H2,1-4,6H3/b23-17-,25-10-,26-21?,31-24?. The highest BCUT2D eigenvalue weighted by molar-refractivity contribution is 6.12. The molecule has 0 fully saturated rings. The van der Waals surface area contributed by atoms with Gasteiger partial charge in [0.15, 0.2) is 0 Å². The number of hydrogen-bond donors (Lipinski definition) is 2. The molecular weight excluding hydrogens is 424 g/mol. The zero-order chi connectivity index (χ0) is 25.7. The molecule has 1 aliphatic rings. The van der Waals surface area contributed by atoms with E-state index in [-0.39, 0.29) is 11.6 Å². The number of aliphatic imine (C=N–C) groups is 1. The molecule has 34 heavy (non-hydrogen) atoms. The average Bonchev–Trinajstić information content (AvgIpc) is 2.84. The van der Waals surface area contributed by atoms with Gasteiger partial charge < -0.3 is 21.3 Å². The van der Waals surface area contributed by atoms with E-state index in [0.29, 0.717) is 53.6 Å². The van der Waals surface area contributed by atoms with Gasteiger partial charge in [-0.1, -0.05) is 39.8 Å². The number of nitriles is 1. The number of allylic oxidation sites excluding steroid dienone is 6. The van der Waals surface area contributed by atoms with Crippen LogP contribution in [0, 0.1) is 11.3 Å². The molecule has 0 saturated carbocycles. The van der Waals surface area contributed by atoms with Crippen LogP contribution in [-0.4, -0.2) is 41.1 Å². The van der Waals surface area contributed by atoms with Crippen molar-refractivity contribution in [1.82, 2.24) is 9.80 Å². The highest BCUT2D eigenvalue weighted by Gasteiger charge is 2.20. The summed E-state index contributed by atoms with van der Waals surface area (Å²) in [6.07, 6.45) is 12.3. The fourth-order valence-electron chi connectivity index (χ4n) is 3.41. The van der Waals surface area contributed by atoms with Crippen LogP contribution in [0.15, 0.2) is 76.0 Å². The van der Waals surface area contributed by atoms with Gasteiger partial charge in [-0.15, -0.1) is 0 Å². The van der Waals surface area contributed by atoms with Gasteiger partial charge in [0.2, 0.25) is 0 Å². The zero-order valence-electron chi connectivity index (χ0n) is 21.4. The van der Waals surface area contributed by atoms with Gasteiger partial charge in [0.05, 0.1) is 28.4 Å². The zero-order valence-corrected chi connectivity index (χ0v) is 21.4. The maximum absolute atomic E-state index is 13.0. The smallest absolute Gasteiger partial charge is 0.269 e. The lowest BCUT2D eigenvalue weighted by atomic mass is 10.0. The lowest BCUT2D eigenvalue weighted by Crippen LogP contribution is -2.36. The predicted molar refractivity (Wildman–Crippen MR) is 141 cm³/mol. The lowest BCUT2D eigenvalue weighted by molar-refractivity contribution is -0.127. The van der Waals surface area contributed by atoms with E-state index < -0.39 is 0 Å². The van der Waals surface area contributed by atoms with Gasteiger partial charge in [0.25, 0.3) is 5.91 Å². The summed E-state index contributed by atoms with van der Waals surface area (Å²) in [5, 5.41) is 9.31. The molecule has 0 spiro atoms. The van der Waals surface area contributed by atoms with Gasteiger partial charge in [-0.25, -0.2) is 0 Å². The van der Waals surface area contributed by atoms with E-state index >= 15 is 0 Å². The molecule has 184 valence electrons. The topological polar surface area (TPSA) is 112 Å². The molecule has 4 N–H and O–H groups in total. The highest BCUT2D eigenvalue weighted by Crippen LogP contribution is 2.25. The van der Waals surface area contributed by atoms with Gasteiger partial charge in [-0.05, 0) is 56.9 Å². The van der Waals surface area contributed by atoms with Crippen molar-refractivity contribution in [3.63, 3.8) is 0 Å². The van der Waals surface area contributed by atoms with Crippen LogP contribution < -0.4 is 11.5 Å². The molecule has 0 aromatic rings. The SMILES string of the molecule is C=C1C=CC(C#N)=CN1/C(=C\C)C(N)=C(C)C(/C=C(\N)C(=O)N(CCC)CCCC)=NCCC. The Morgan fingerprint density at radius 3 is 2.47 bits per heavy atom. The Kier molecular flexibility index (Phi) is 12.2. The predicted octanol–water partition coefficient (Wildman–Crippen LogP) is 4.65. The average molecular weight is 465 g/mol. The number of carbonyl (C=O) groups is 1. The quantitative estimate of drug-likeness (QED) is 0.248. The Bertz CT molecular complexity index is 972. The summed E-state index contributed by atoms with van der Waals surface area (Å²) in [7, 11) is 0. The third-order valence-electron chi connectivity index (χ3n) is 5.37. The minimum atomic E-state index is -0.187. The summed E-state index contributed by atoms with van der Waals surface area (Å²) in [5.74, 6) is -0.187. The van der Waals surface area contributed by atoms with Gasteiger partial charge in [-0.2, -0.15) is 5.26 Å². The monoisotopic (exact) mass is 464 g/mol. The van der Waals surface area contributed by atoms with Crippen LogP contribution in [0.25, 0.3) is 0 Å². The Morgan fingerprint density at radius 2 is 1.91 bits per heavy atom. The molecule has 0 radical (unpaired) electrons. The number of rotatable bonds is 12. The Balaban J connectivity index is 3.41. The normalized spacial score (nSPS) is 15.6. The fourth-order valence-corrected chi connectivity index (χ4v) is 3.41. The van der Waals surface area contributed by atoms with E-state index in [1.165, 1.54) is 0 Å². The van der Waals surface area contributed by atoms with Crippen molar-refractivity contribution < 1.29 is 4.79 Å². The van der Waals surface area contributed by atoms with Crippen LogP contribution in [0.5, 0.6) is 0 Å². The third kappa shape index (κ3) is 7.80. The van der Waals surface area contributed by atoms with Crippen molar-refractivity contribution in [1.29, 1.82) is 5.26 Å². The second-order valence-corrected chi connectivity index (χ2v) is 8.12. The van der Waals surface area contributed by atoms with Crippen LogP contribution in [0.1, 0.15) is 60.3 Å². The van der Waals surface area contributed by atoms with Crippen molar-refractivity contribution >= 4 is 11.6 Å². The number of nitrogens with zero attached hydrogens (tertiary/aromatic N) is 4. The molecule has 1 rings (SSSR count). The minimum Gasteiger partial charge on any atom is -0.397 e. The Labute approximate surface area is 205 Å². The molecular formula is C27H40N6O. The van der Waals surface area contributed by atoms with Gasteiger partial charge in [-0.3, -0.25) is 9.79 Å². The number of nitrogens with two attached hydrogens (primary N) is 2. The highest BCUT2D eigenvalue weighted by atomic mass is 16.2. The first kappa shape index (κ1) is 28.5. The molecule has 1 aliphatic heterocycles. The van der Waals surface area contributed by atoms with E-state index in [4.69, 9.17) is 11.5 Å². The van der Waals surface area contributed by atoms with Crippen molar-refractivity contribution in [2.24, 2.45) is 16.5 Å². The molecule has 0 unspecified atom stereocenters. The van der Waals surface area contributed by atoms with Crippen LogP contribution in [-0.2, 0) is 4.79 Å². The van der Waals surface area contributed by atoms with E-state index in [1.807, 2.05) is 33.8 Å². The summed E-state index contributed by atoms with van der Waals surface area (Å²) in [4.78, 5) is 21.3. The van der Waals surface area contributed by atoms with Crippen LogP contribution >= 0.6 is 0 Å². The molecule has 7 heteroatoms. The molecule has 1 amide bonds. The van der Waals surface area contributed by atoms with Gasteiger partial charge in [0.1, 0.15) is 6.07 Å². The summed E-state index contributed by atoms with van der Waals surface area (Å²) in [6, 6.07) is 2.14. The van der Waals surface area contributed by atoms with Crippen LogP contribution in [0.2, 0.25) is 0 Å². The Morgan fingerprint density at radius 1 is 1.21 bits per heavy atom. The van der Waals surface area contributed by atoms with Crippen molar-refractivity contribution in [2.75, 3.05) is 19.6 Å². The van der Waals surface area contributed by atoms with E-state index in [0.717, 1.165) is 25.7 Å². The fraction of sp³-hybridized carbons (Fsp3) is 0.444.